The van der Waals surface area contributed by atoms with Gasteiger partial charge in [-0.1, -0.05) is 26.0 Å². The van der Waals surface area contributed by atoms with Gasteiger partial charge in [-0.05, 0) is 52.7 Å². The maximum absolute atomic E-state index is 13.9. The minimum Gasteiger partial charge on any atom is -0.392 e. The molecule has 22 nitrogen and oxygen atoms in total. The molecule has 7 aromatic heterocycles. The summed E-state index contributed by atoms with van der Waals surface area (Å²) in [5, 5.41) is 59.6. The first-order valence-corrected chi connectivity index (χ1v) is 28.6. The van der Waals surface area contributed by atoms with Crippen LogP contribution in [0, 0.1) is 5.92 Å². The molecular formula is C48H49N13O9S6. The molecule has 8 bridgehead atoms. The minimum absolute atomic E-state index is 0.00119. The smallest absolute Gasteiger partial charge is 0.275 e. The van der Waals surface area contributed by atoms with Crippen LogP contribution in [0.2, 0.25) is 0 Å². The third-order valence-electron chi connectivity index (χ3n) is 11.2. The number of hydrogen-bond acceptors (Lipinski definition) is 22. The van der Waals surface area contributed by atoms with Crippen LogP contribution in [0.3, 0.4) is 0 Å². The van der Waals surface area contributed by atoms with Gasteiger partial charge in [-0.25, -0.2) is 34.9 Å². The van der Waals surface area contributed by atoms with E-state index in [2.05, 4.69) is 51.8 Å². The summed E-state index contributed by atoms with van der Waals surface area (Å²) in [5.74, 6) is -4.00. The van der Waals surface area contributed by atoms with Gasteiger partial charge in [0, 0.05) is 44.4 Å². The molecule has 6 amide bonds. The van der Waals surface area contributed by atoms with E-state index in [1.165, 1.54) is 77.0 Å². The third kappa shape index (κ3) is 12.5. The van der Waals surface area contributed by atoms with E-state index in [1.54, 1.807) is 48.2 Å². The zero-order valence-corrected chi connectivity index (χ0v) is 46.3. The molecule has 6 atom stereocenters. The van der Waals surface area contributed by atoms with Gasteiger partial charge in [0.1, 0.15) is 87.7 Å². The summed E-state index contributed by atoms with van der Waals surface area (Å²) in [6.45, 7) is 11.4. The summed E-state index contributed by atoms with van der Waals surface area (Å²) in [7, 11) is 0. The third-order valence-corrected chi connectivity index (χ3v) is 16.6. The SMILES string of the molecule is C/C=C(/NC(=O)c1csc(-c2csc(-c3ccc4c(n3)-c3csc(n3)[C@H]([C@@H](C)O)NC(=O)c3csc(n3)[C@@H](C(C)C)NC(=O)c3csc(n3)/C(=C\C)NC(=O)C(C(C)O)NC(=O)c3csc-4n3)n2)n1)C(=O)NC[C@H](C)O. The lowest BCUT2D eigenvalue weighted by Gasteiger charge is -2.21. The minimum atomic E-state index is -1.45. The monoisotopic (exact) mass is 1140 g/mol. The number of amides is 6. The van der Waals surface area contributed by atoms with Crippen LogP contribution in [0.25, 0.3) is 49.1 Å². The molecule has 76 heavy (non-hydrogen) atoms. The van der Waals surface area contributed by atoms with E-state index in [9.17, 15) is 44.1 Å². The zero-order chi connectivity index (χ0) is 54.5. The summed E-state index contributed by atoms with van der Waals surface area (Å²) in [5.41, 5.74) is 2.26. The molecule has 8 rings (SSSR count). The van der Waals surface area contributed by atoms with Crippen molar-refractivity contribution in [3.05, 3.63) is 100 Å². The van der Waals surface area contributed by atoms with Crippen LogP contribution in [0.5, 0.6) is 0 Å². The van der Waals surface area contributed by atoms with Gasteiger partial charge in [0.05, 0.1) is 35.7 Å². The fourth-order valence-electron chi connectivity index (χ4n) is 7.20. The first-order valence-electron chi connectivity index (χ1n) is 23.3. The van der Waals surface area contributed by atoms with Gasteiger partial charge in [0.25, 0.3) is 29.5 Å². The van der Waals surface area contributed by atoms with Crippen molar-refractivity contribution in [1.82, 2.24) is 66.8 Å². The second-order valence-corrected chi connectivity index (χ2v) is 22.6. The van der Waals surface area contributed by atoms with Crippen LogP contribution in [0.15, 0.2) is 62.3 Å². The Morgan fingerprint density at radius 3 is 1.78 bits per heavy atom. The Balaban J connectivity index is 1.15. The summed E-state index contributed by atoms with van der Waals surface area (Å²) in [6, 6.07) is 0.366. The van der Waals surface area contributed by atoms with Crippen LogP contribution in [0.1, 0.15) is 118 Å². The van der Waals surface area contributed by atoms with Gasteiger partial charge in [-0.3, -0.25) is 28.8 Å². The summed E-state index contributed by atoms with van der Waals surface area (Å²) in [4.78, 5) is 114. The second-order valence-electron chi connectivity index (χ2n) is 17.4. The lowest BCUT2D eigenvalue weighted by atomic mass is 10.1. The van der Waals surface area contributed by atoms with Gasteiger partial charge in [-0.2, -0.15) is 0 Å². The van der Waals surface area contributed by atoms with Crippen molar-refractivity contribution in [1.29, 1.82) is 0 Å². The van der Waals surface area contributed by atoms with Crippen molar-refractivity contribution in [2.45, 2.75) is 84.9 Å². The quantitative estimate of drug-likeness (QED) is 0.0756. The highest BCUT2D eigenvalue weighted by molar-refractivity contribution is 7.15. The Labute approximate surface area is 458 Å². The molecule has 0 saturated heterocycles. The second kappa shape index (κ2) is 24.0. The van der Waals surface area contributed by atoms with Crippen LogP contribution in [-0.2, 0) is 9.59 Å². The molecule has 9 N–H and O–H groups in total. The number of nitrogens with one attached hydrogen (secondary N) is 6. The van der Waals surface area contributed by atoms with Gasteiger partial charge in [0.2, 0.25) is 5.91 Å². The standard InChI is InChI=1S/C48H49N13O9S6/c1-8-24(37(65)49-12-20(5)62)51-38(66)28-15-73-46(56-28)32-18-74-45(58-32)26-11-10-23-36(50-26)27-13-75-48(53-27)35(22(7)64)61-41(69)31-17-76-47(57-31)33(19(3)4)59-39(67)30-16-72-44(55-30)25(9-2)52-42(70)34(21(6)63)60-40(68)29-14-71-43(23)54-29/h8-11,13-22,33-35,62-64H,12H2,1-7H3,(H,49,65)(H,51,66)(H,52,70)(H,59,67)(H,60,68)(H,61,69)/b24-8+,25-9+/t20-,21?,22+,33+,34?,35-/m0/s1. The number of rotatable bonds is 10. The van der Waals surface area contributed by atoms with Crippen LogP contribution in [-0.4, -0.2) is 117 Å². The molecule has 0 saturated carbocycles. The number of thiazole rings is 6. The molecule has 0 aliphatic carbocycles. The van der Waals surface area contributed by atoms with E-state index in [0.717, 1.165) is 34.0 Å². The number of fused-ring (bicyclic) bond motifs is 11. The first kappa shape index (κ1) is 55.3. The number of carbonyl (C=O) groups is 6. The molecule has 0 fully saturated rings. The molecule has 1 aliphatic heterocycles. The predicted octanol–water partition coefficient (Wildman–Crippen LogP) is 5.57. The highest BCUT2D eigenvalue weighted by Crippen LogP contribution is 2.38. The molecule has 2 unspecified atom stereocenters. The Morgan fingerprint density at radius 2 is 1.13 bits per heavy atom. The van der Waals surface area contributed by atoms with Crippen molar-refractivity contribution < 1.29 is 44.1 Å². The fourth-order valence-corrected chi connectivity index (χ4v) is 12.4. The predicted molar refractivity (Wildman–Crippen MR) is 290 cm³/mol. The van der Waals surface area contributed by atoms with Crippen molar-refractivity contribution in [2.75, 3.05) is 6.54 Å². The molecule has 0 spiro atoms. The number of pyridine rings is 1. The number of aromatic nitrogens is 7. The van der Waals surface area contributed by atoms with Crippen molar-refractivity contribution >= 4 is 109 Å². The van der Waals surface area contributed by atoms with Gasteiger partial charge < -0.3 is 47.2 Å². The molecular weight excluding hydrogens is 1100 g/mol. The lowest BCUT2D eigenvalue weighted by Crippen LogP contribution is -2.52. The van der Waals surface area contributed by atoms with E-state index in [-0.39, 0.29) is 51.6 Å². The van der Waals surface area contributed by atoms with Crippen LogP contribution in [0.4, 0.5) is 0 Å². The number of nitrogens with zero attached hydrogens (tertiary/aromatic N) is 7. The highest BCUT2D eigenvalue weighted by Gasteiger charge is 2.32. The molecule has 0 aromatic carbocycles. The number of allylic oxidation sites excluding steroid dienone is 2. The van der Waals surface area contributed by atoms with Crippen LogP contribution < -0.4 is 31.9 Å². The number of aliphatic hydroxyl groups excluding tert-OH is 3. The van der Waals surface area contributed by atoms with E-state index in [0.29, 0.717) is 53.4 Å². The Hall–Kier alpha value is -6.89. The number of carbonyl (C=O) groups excluding carboxylic acids is 6. The molecule has 7 aromatic rings. The molecule has 0 radical (unpaired) electrons. The summed E-state index contributed by atoms with van der Waals surface area (Å²) < 4.78 is 0. The average Bonchev–Trinajstić information content (AvgIpc) is 4.26. The maximum Gasteiger partial charge on any atom is 0.275 e. The van der Waals surface area contributed by atoms with E-state index < -0.39 is 71.9 Å². The molecule has 396 valence electrons. The van der Waals surface area contributed by atoms with E-state index >= 15 is 0 Å². The molecule has 8 heterocycles. The Bertz CT molecular complexity index is 3380. The van der Waals surface area contributed by atoms with E-state index in [1.807, 2.05) is 13.8 Å². The molecule has 1 aliphatic rings. The number of hydrogen-bond donors (Lipinski definition) is 9. The topological polar surface area (TPSA) is 326 Å². The van der Waals surface area contributed by atoms with Gasteiger partial charge in [-0.15, -0.1) is 68.0 Å². The first-order chi connectivity index (χ1) is 36.3. The Kier molecular flexibility index (Phi) is 17.5. The van der Waals surface area contributed by atoms with Gasteiger partial charge >= 0.3 is 0 Å². The van der Waals surface area contributed by atoms with E-state index in [4.69, 9.17) is 15.0 Å². The largest absolute Gasteiger partial charge is 0.392 e. The number of aliphatic hydroxyl groups is 3. The van der Waals surface area contributed by atoms with Crippen molar-refractivity contribution in [3.8, 4) is 43.4 Å². The van der Waals surface area contributed by atoms with Crippen molar-refractivity contribution in [2.24, 2.45) is 5.92 Å². The van der Waals surface area contributed by atoms with Crippen molar-refractivity contribution in [3.63, 3.8) is 0 Å². The highest BCUT2D eigenvalue weighted by atomic mass is 32.1. The summed E-state index contributed by atoms with van der Waals surface area (Å²) in [6.07, 6.45) is -0.261. The normalized spacial score (nSPS) is 18.5. The zero-order valence-electron chi connectivity index (χ0n) is 41.4. The summed E-state index contributed by atoms with van der Waals surface area (Å²) >= 11 is 6.97. The van der Waals surface area contributed by atoms with Gasteiger partial charge in [0.15, 0.2) is 0 Å². The Morgan fingerprint density at radius 1 is 0.605 bits per heavy atom. The average molecular weight is 1140 g/mol. The molecule has 28 heteroatoms. The maximum atomic E-state index is 13.9. The van der Waals surface area contributed by atoms with Crippen LogP contribution >= 0.6 is 68.0 Å². The fraction of sp³-hybridized carbons (Fsp3) is 0.312. The lowest BCUT2D eigenvalue weighted by molar-refractivity contribution is -0.124.